The molecule has 0 saturated carbocycles. The monoisotopic (exact) mass is 267 g/mol. The van der Waals surface area contributed by atoms with Crippen LogP contribution in [0.2, 0.25) is 5.02 Å². The molecular weight excluding hydrogens is 250 g/mol. The van der Waals surface area contributed by atoms with Gasteiger partial charge in [0.15, 0.2) is 0 Å². The lowest BCUT2D eigenvalue weighted by atomic mass is 10.1. The number of benzene rings is 1. The van der Waals surface area contributed by atoms with Crippen LogP contribution in [-0.4, -0.2) is 25.5 Å². The Kier molecular flexibility index (Phi) is 4.09. The summed E-state index contributed by atoms with van der Waals surface area (Å²) in [6, 6.07) is 5.86. The molecule has 0 aromatic heterocycles. The molecule has 1 saturated heterocycles. The lowest BCUT2D eigenvalue weighted by molar-refractivity contribution is -0.120. The number of nitrogens with one attached hydrogen (secondary N) is 1. The first-order valence-corrected chi connectivity index (χ1v) is 6.52. The van der Waals surface area contributed by atoms with Crippen LogP contribution in [0.4, 0.5) is 5.69 Å². The summed E-state index contributed by atoms with van der Waals surface area (Å²) in [7, 11) is 0. The maximum atomic E-state index is 11.3. The number of hydrogen-bond acceptors (Lipinski definition) is 3. The first-order chi connectivity index (χ1) is 8.58. The minimum atomic E-state index is -0.0241. The van der Waals surface area contributed by atoms with Crippen LogP contribution in [-0.2, 0) is 4.79 Å². The predicted molar refractivity (Wildman–Crippen MR) is 73.9 cm³/mol. The fourth-order valence-corrected chi connectivity index (χ4v) is 2.38. The highest BCUT2D eigenvalue weighted by molar-refractivity contribution is 6.33. The summed E-state index contributed by atoms with van der Waals surface area (Å²) in [6.45, 7) is 4.07. The highest BCUT2D eigenvalue weighted by Crippen LogP contribution is 2.28. The Labute approximate surface area is 112 Å². The number of amides is 1. The van der Waals surface area contributed by atoms with Gasteiger partial charge in [-0.3, -0.25) is 4.79 Å². The Morgan fingerprint density at radius 3 is 2.89 bits per heavy atom. The van der Waals surface area contributed by atoms with Crippen molar-refractivity contribution in [2.75, 3.05) is 24.5 Å². The Morgan fingerprint density at radius 2 is 2.22 bits per heavy atom. The van der Waals surface area contributed by atoms with Gasteiger partial charge in [-0.2, -0.15) is 0 Å². The van der Waals surface area contributed by atoms with Crippen molar-refractivity contribution in [3.8, 4) is 0 Å². The van der Waals surface area contributed by atoms with Crippen LogP contribution in [0.15, 0.2) is 18.2 Å². The largest absolute Gasteiger partial charge is 0.368 e. The number of hydrogen-bond donors (Lipinski definition) is 2. The summed E-state index contributed by atoms with van der Waals surface area (Å²) in [5, 5.41) is 3.54. The van der Waals surface area contributed by atoms with E-state index in [1.807, 2.05) is 25.1 Å². The van der Waals surface area contributed by atoms with Crippen molar-refractivity contribution < 1.29 is 4.79 Å². The van der Waals surface area contributed by atoms with E-state index in [2.05, 4.69) is 10.2 Å². The molecule has 1 aliphatic heterocycles. The van der Waals surface area contributed by atoms with E-state index < -0.39 is 0 Å². The summed E-state index contributed by atoms with van der Waals surface area (Å²) < 4.78 is 0. The number of carbonyl (C=O) groups is 1. The van der Waals surface area contributed by atoms with Gasteiger partial charge in [0.05, 0.1) is 10.7 Å². The molecule has 98 valence electrons. The van der Waals surface area contributed by atoms with Gasteiger partial charge < -0.3 is 16.0 Å². The number of rotatable bonds is 2. The van der Waals surface area contributed by atoms with Crippen LogP contribution in [0.25, 0.3) is 0 Å². The van der Waals surface area contributed by atoms with Crippen molar-refractivity contribution in [2.24, 2.45) is 5.73 Å². The molecule has 4 nitrogen and oxygen atoms in total. The minimum Gasteiger partial charge on any atom is -0.368 e. The van der Waals surface area contributed by atoms with Crippen molar-refractivity contribution in [2.45, 2.75) is 19.4 Å². The molecule has 0 spiro atoms. The second-order valence-electron chi connectivity index (χ2n) is 4.59. The zero-order valence-corrected chi connectivity index (χ0v) is 11.2. The average molecular weight is 268 g/mol. The van der Waals surface area contributed by atoms with Crippen LogP contribution < -0.4 is 16.0 Å². The van der Waals surface area contributed by atoms with E-state index in [4.69, 9.17) is 17.3 Å². The molecule has 1 amide bonds. The van der Waals surface area contributed by atoms with Crippen molar-refractivity contribution in [1.29, 1.82) is 0 Å². The maximum Gasteiger partial charge on any atom is 0.221 e. The highest BCUT2D eigenvalue weighted by atomic mass is 35.5. The Hall–Kier alpha value is -1.26. The van der Waals surface area contributed by atoms with Gasteiger partial charge in [0.25, 0.3) is 0 Å². The normalized spacial score (nSPS) is 18.2. The number of carbonyl (C=O) groups excluding carboxylic acids is 1. The molecule has 1 atom stereocenters. The predicted octanol–water partition coefficient (Wildman–Crippen LogP) is 1.69. The number of halogens is 1. The highest BCUT2D eigenvalue weighted by Gasteiger charge is 2.16. The summed E-state index contributed by atoms with van der Waals surface area (Å²) in [4.78, 5) is 13.4. The summed E-state index contributed by atoms with van der Waals surface area (Å²) in [5.41, 5.74) is 7.82. The lowest BCUT2D eigenvalue weighted by Gasteiger charge is -2.23. The molecule has 3 N–H and O–H groups in total. The van der Waals surface area contributed by atoms with Crippen molar-refractivity contribution in [3.63, 3.8) is 0 Å². The molecule has 18 heavy (non-hydrogen) atoms. The zero-order valence-electron chi connectivity index (χ0n) is 10.4. The molecular formula is C13H18ClN3O. The van der Waals surface area contributed by atoms with Gasteiger partial charge in [0.1, 0.15) is 0 Å². The van der Waals surface area contributed by atoms with E-state index in [-0.39, 0.29) is 11.9 Å². The summed E-state index contributed by atoms with van der Waals surface area (Å²) >= 11 is 6.29. The second kappa shape index (κ2) is 5.59. The molecule has 2 rings (SSSR count). The van der Waals surface area contributed by atoms with Gasteiger partial charge in [-0.1, -0.05) is 17.7 Å². The van der Waals surface area contributed by atoms with Gasteiger partial charge >= 0.3 is 0 Å². The topological polar surface area (TPSA) is 58.4 Å². The molecule has 1 aromatic rings. The third-order valence-electron chi connectivity index (χ3n) is 3.15. The fourth-order valence-electron chi connectivity index (χ4n) is 2.07. The van der Waals surface area contributed by atoms with Gasteiger partial charge in [-0.25, -0.2) is 0 Å². The molecule has 0 unspecified atom stereocenters. The lowest BCUT2D eigenvalue weighted by Crippen LogP contribution is -2.28. The van der Waals surface area contributed by atoms with Crippen LogP contribution in [0.5, 0.6) is 0 Å². The maximum absolute atomic E-state index is 11.3. The first-order valence-electron chi connectivity index (χ1n) is 6.14. The zero-order chi connectivity index (χ0) is 13.1. The average Bonchev–Trinajstić information content (AvgIpc) is 2.54. The summed E-state index contributed by atoms with van der Waals surface area (Å²) in [5.74, 6) is 0.0980. The third-order valence-corrected chi connectivity index (χ3v) is 3.45. The van der Waals surface area contributed by atoms with Gasteiger partial charge in [-0.05, 0) is 24.6 Å². The van der Waals surface area contributed by atoms with Gasteiger partial charge in [0.2, 0.25) is 5.91 Å². The Balaban J connectivity index is 2.20. The summed E-state index contributed by atoms with van der Waals surface area (Å²) in [6.07, 6.45) is 0.505. The third kappa shape index (κ3) is 2.94. The molecule has 1 aliphatic rings. The van der Waals surface area contributed by atoms with E-state index in [0.29, 0.717) is 24.5 Å². The quantitative estimate of drug-likeness (QED) is 0.857. The van der Waals surface area contributed by atoms with Crippen molar-refractivity contribution in [1.82, 2.24) is 5.32 Å². The number of nitrogens with two attached hydrogens (primary N) is 1. The van der Waals surface area contributed by atoms with Crippen LogP contribution in [0, 0.1) is 0 Å². The SMILES string of the molecule is C[C@H](N)c1ccc(N2CCNC(=O)CC2)c(Cl)c1. The van der Waals surface area contributed by atoms with Crippen molar-refractivity contribution >= 4 is 23.2 Å². The Morgan fingerprint density at radius 1 is 1.44 bits per heavy atom. The van der Waals surface area contributed by atoms with Crippen LogP contribution >= 0.6 is 11.6 Å². The van der Waals surface area contributed by atoms with Crippen LogP contribution in [0.3, 0.4) is 0 Å². The van der Waals surface area contributed by atoms with E-state index in [0.717, 1.165) is 17.8 Å². The number of anilines is 1. The molecule has 0 bridgehead atoms. The second-order valence-corrected chi connectivity index (χ2v) is 4.99. The molecule has 0 aliphatic carbocycles. The van der Waals surface area contributed by atoms with Crippen molar-refractivity contribution in [3.05, 3.63) is 28.8 Å². The molecule has 1 fully saturated rings. The van der Waals surface area contributed by atoms with Gasteiger partial charge in [-0.15, -0.1) is 0 Å². The standard InChI is InChI=1S/C13H18ClN3O/c1-9(15)10-2-3-12(11(14)8-10)17-6-4-13(18)16-5-7-17/h2-3,8-9H,4-7,15H2,1H3,(H,16,18)/t9-/m0/s1. The van der Waals surface area contributed by atoms with E-state index >= 15 is 0 Å². The molecule has 1 aromatic carbocycles. The number of nitrogens with zero attached hydrogens (tertiary/aromatic N) is 1. The molecule has 5 heteroatoms. The van der Waals surface area contributed by atoms with E-state index in [1.54, 1.807) is 0 Å². The Bertz CT molecular complexity index is 448. The fraction of sp³-hybridized carbons (Fsp3) is 0.462. The smallest absolute Gasteiger partial charge is 0.221 e. The van der Waals surface area contributed by atoms with E-state index in [9.17, 15) is 4.79 Å². The van der Waals surface area contributed by atoms with Gasteiger partial charge in [0, 0.05) is 32.1 Å². The minimum absolute atomic E-state index is 0.0241. The van der Waals surface area contributed by atoms with Crippen LogP contribution in [0.1, 0.15) is 24.9 Å². The molecule has 0 radical (unpaired) electrons. The molecule has 1 heterocycles. The first kappa shape index (κ1) is 13.2. The van der Waals surface area contributed by atoms with E-state index in [1.165, 1.54) is 0 Å².